The lowest BCUT2D eigenvalue weighted by atomic mass is 10.1. The van der Waals surface area contributed by atoms with Gasteiger partial charge in [0.15, 0.2) is 0 Å². The fourth-order valence-electron chi connectivity index (χ4n) is 1.75. The van der Waals surface area contributed by atoms with Crippen LogP contribution in [0.4, 0.5) is 10.5 Å². The fraction of sp³-hybridized carbons (Fsp3) is 0.125. The molecule has 2 aromatic rings. The molecule has 0 saturated heterocycles. The number of benzene rings is 2. The van der Waals surface area contributed by atoms with Crippen LogP contribution in [0.15, 0.2) is 42.5 Å². The Morgan fingerprint density at radius 1 is 1.33 bits per heavy atom. The van der Waals surface area contributed by atoms with Crippen molar-refractivity contribution in [1.82, 2.24) is 0 Å². The van der Waals surface area contributed by atoms with Crippen LogP contribution in [0.3, 0.4) is 0 Å². The molecule has 1 amide bonds. The Labute approximate surface area is 136 Å². The molecule has 2 rings (SSSR count). The van der Waals surface area contributed by atoms with E-state index in [1.165, 1.54) is 0 Å². The second-order valence-corrected chi connectivity index (χ2v) is 5.61. The summed E-state index contributed by atoms with van der Waals surface area (Å²) in [4.78, 5) is 11.8. The van der Waals surface area contributed by atoms with Crippen molar-refractivity contribution in [2.24, 2.45) is 0 Å². The van der Waals surface area contributed by atoms with Crippen LogP contribution in [0.2, 0.25) is 0 Å². The van der Waals surface area contributed by atoms with Crippen LogP contribution in [-0.2, 0) is 11.3 Å². The largest absolute Gasteiger partial charge is 0.444 e. The molecule has 1 N–H and O–H groups in total. The number of hydrogen-bond donors (Lipinski definition) is 1. The van der Waals surface area contributed by atoms with E-state index in [1.54, 1.807) is 12.1 Å². The first kappa shape index (κ1) is 15.3. The molecular weight excluding hydrogens is 379 g/mol. The van der Waals surface area contributed by atoms with E-state index in [0.29, 0.717) is 11.3 Å². The van der Waals surface area contributed by atoms with E-state index in [-0.39, 0.29) is 6.61 Å². The highest BCUT2D eigenvalue weighted by Gasteiger charge is 2.10. The summed E-state index contributed by atoms with van der Waals surface area (Å²) in [5.74, 6) is 0. The Morgan fingerprint density at radius 2 is 2.05 bits per heavy atom. The Hall–Kier alpha value is -2.07. The molecule has 0 fully saturated rings. The molecule has 5 heteroatoms. The molecular formula is C16H13IN2O2. The SMILES string of the molecule is Cc1cc(NC(=O)OCc2ccccc2)c(C#N)cc1I. The highest BCUT2D eigenvalue weighted by atomic mass is 127. The van der Waals surface area contributed by atoms with Gasteiger partial charge in [0.25, 0.3) is 0 Å². The van der Waals surface area contributed by atoms with Gasteiger partial charge in [0.2, 0.25) is 0 Å². The Morgan fingerprint density at radius 3 is 2.71 bits per heavy atom. The minimum absolute atomic E-state index is 0.192. The van der Waals surface area contributed by atoms with E-state index in [4.69, 9.17) is 10.00 Å². The highest BCUT2D eigenvalue weighted by Crippen LogP contribution is 2.22. The number of nitriles is 1. The lowest BCUT2D eigenvalue weighted by Gasteiger charge is -2.10. The lowest BCUT2D eigenvalue weighted by molar-refractivity contribution is 0.155. The smallest absolute Gasteiger partial charge is 0.411 e. The van der Waals surface area contributed by atoms with Crippen LogP contribution in [-0.4, -0.2) is 6.09 Å². The van der Waals surface area contributed by atoms with Crippen LogP contribution < -0.4 is 5.32 Å². The number of nitrogens with zero attached hydrogens (tertiary/aromatic N) is 1. The molecule has 2 aromatic carbocycles. The average Bonchev–Trinajstić information content (AvgIpc) is 2.49. The summed E-state index contributed by atoms with van der Waals surface area (Å²) in [5, 5.41) is 11.7. The molecule has 0 aliphatic heterocycles. The maximum Gasteiger partial charge on any atom is 0.411 e. The van der Waals surface area contributed by atoms with Gasteiger partial charge in [-0.15, -0.1) is 0 Å². The molecule has 0 atom stereocenters. The molecule has 0 aromatic heterocycles. The molecule has 0 aliphatic carbocycles. The van der Waals surface area contributed by atoms with Gasteiger partial charge in [0, 0.05) is 3.57 Å². The highest BCUT2D eigenvalue weighted by molar-refractivity contribution is 14.1. The number of rotatable bonds is 3. The van der Waals surface area contributed by atoms with Crippen molar-refractivity contribution >= 4 is 34.4 Å². The molecule has 4 nitrogen and oxygen atoms in total. The number of halogens is 1. The third-order valence-corrected chi connectivity index (χ3v) is 4.03. The van der Waals surface area contributed by atoms with Crippen molar-refractivity contribution in [3.05, 3.63) is 62.7 Å². The minimum atomic E-state index is -0.573. The van der Waals surface area contributed by atoms with Crippen molar-refractivity contribution < 1.29 is 9.53 Å². The van der Waals surface area contributed by atoms with Gasteiger partial charge in [-0.25, -0.2) is 4.79 Å². The second-order valence-electron chi connectivity index (χ2n) is 4.45. The molecule has 0 heterocycles. The van der Waals surface area contributed by atoms with E-state index >= 15 is 0 Å². The molecule has 0 aliphatic rings. The van der Waals surface area contributed by atoms with Crippen LogP contribution in [0.25, 0.3) is 0 Å². The van der Waals surface area contributed by atoms with Crippen molar-refractivity contribution in [2.45, 2.75) is 13.5 Å². The van der Waals surface area contributed by atoms with Crippen LogP contribution >= 0.6 is 22.6 Å². The number of hydrogen-bond acceptors (Lipinski definition) is 3. The summed E-state index contributed by atoms with van der Waals surface area (Å²) < 4.78 is 6.12. The predicted octanol–water partition coefficient (Wildman–Crippen LogP) is 4.22. The third-order valence-electron chi connectivity index (χ3n) is 2.87. The molecule has 0 radical (unpaired) electrons. The predicted molar refractivity (Wildman–Crippen MR) is 88.9 cm³/mol. The summed E-state index contributed by atoms with van der Waals surface area (Å²) in [5.41, 5.74) is 2.79. The van der Waals surface area contributed by atoms with Crippen LogP contribution in [0.1, 0.15) is 16.7 Å². The van der Waals surface area contributed by atoms with Gasteiger partial charge in [-0.3, -0.25) is 5.32 Å². The van der Waals surface area contributed by atoms with Gasteiger partial charge in [-0.05, 0) is 52.8 Å². The summed E-state index contributed by atoms with van der Waals surface area (Å²) in [7, 11) is 0. The molecule has 0 saturated carbocycles. The monoisotopic (exact) mass is 392 g/mol. The first-order valence-corrected chi connectivity index (χ1v) is 7.36. The number of anilines is 1. The van der Waals surface area contributed by atoms with E-state index in [1.807, 2.05) is 37.3 Å². The number of carbonyl (C=O) groups is 1. The third kappa shape index (κ3) is 4.20. The number of aryl methyl sites for hydroxylation is 1. The number of ether oxygens (including phenoxy) is 1. The van der Waals surface area contributed by atoms with Gasteiger partial charge in [0.1, 0.15) is 12.7 Å². The zero-order valence-corrected chi connectivity index (χ0v) is 13.5. The van der Waals surface area contributed by atoms with Crippen LogP contribution in [0.5, 0.6) is 0 Å². The maximum atomic E-state index is 11.8. The maximum absolute atomic E-state index is 11.8. The fourth-order valence-corrected chi connectivity index (χ4v) is 2.21. The number of amides is 1. The summed E-state index contributed by atoms with van der Waals surface area (Å²) >= 11 is 2.15. The average molecular weight is 392 g/mol. The quantitative estimate of drug-likeness (QED) is 0.796. The summed E-state index contributed by atoms with van der Waals surface area (Å²) in [6.07, 6.45) is -0.573. The molecule has 0 spiro atoms. The van der Waals surface area contributed by atoms with Gasteiger partial charge >= 0.3 is 6.09 Å². The number of nitrogens with one attached hydrogen (secondary N) is 1. The molecule has 21 heavy (non-hydrogen) atoms. The Bertz CT molecular complexity index is 693. The second kappa shape index (κ2) is 7.09. The van der Waals surface area contributed by atoms with E-state index in [9.17, 15) is 4.79 Å². The van der Waals surface area contributed by atoms with Gasteiger partial charge < -0.3 is 4.74 Å². The van der Waals surface area contributed by atoms with Gasteiger partial charge in [0.05, 0.1) is 11.3 Å². The van der Waals surface area contributed by atoms with Crippen molar-refractivity contribution in [1.29, 1.82) is 5.26 Å². The first-order valence-electron chi connectivity index (χ1n) is 6.28. The molecule has 0 unspecified atom stereocenters. The van der Waals surface area contributed by atoms with E-state index < -0.39 is 6.09 Å². The van der Waals surface area contributed by atoms with Gasteiger partial charge in [-0.2, -0.15) is 5.26 Å². The Kier molecular flexibility index (Phi) is 5.17. The Balaban J connectivity index is 2.03. The number of carbonyl (C=O) groups excluding carboxylic acids is 1. The zero-order chi connectivity index (χ0) is 15.2. The van der Waals surface area contributed by atoms with Crippen molar-refractivity contribution in [2.75, 3.05) is 5.32 Å². The van der Waals surface area contributed by atoms with Gasteiger partial charge in [-0.1, -0.05) is 30.3 Å². The molecule has 106 valence electrons. The lowest BCUT2D eigenvalue weighted by Crippen LogP contribution is -2.14. The standard InChI is InChI=1S/C16H13IN2O2/c1-11-7-15(13(9-18)8-14(11)17)19-16(20)21-10-12-5-3-2-4-6-12/h2-8H,10H2,1H3,(H,19,20). The zero-order valence-electron chi connectivity index (χ0n) is 11.4. The van der Waals surface area contributed by atoms with Crippen molar-refractivity contribution in [3.63, 3.8) is 0 Å². The van der Waals surface area contributed by atoms with Crippen molar-refractivity contribution in [3.8, 4) is 6.07 Å². The van der Waals surface area contributed by atoms with E-state index in [0.717, 1.165) is 14.7 Å². The minimum Gasteiger partial charge on any atom is -0.444 e. The topological polar surface area (TPSA) is 62.1 Å². The molecule has 0 bridgehead atoms. The van der Waals surface area contributed by atoms with Crippen LogP contribution in [0, 0.1) is 21.8 Å². The first-order chi connectivity index (χ1) is 10.1. The normalized spacial score (nSPS) is 9.76. The van der Waals surface area contributed by atoms with E-state index in [2.05, 4.69) is 34.0 Å². The summed E-state index contributed by atoms with van der Waals surface area (Å²) in [6.45, 7) is 2.11. The summed E-state index contributed by atoms with van der Waals surface area (Å²) in [6, 6.07) is 15.0.